The molecule has 0 unspecified atom stereocenters. The van der Waals surface area contributed by atoms with Gasteiger partial charge >= 0.3 is 0 Å². The quantitative estimate of drug-likeness (QED) is 0.474. The lowest BCUT2D eigenvalue weighted by Crippen LogP contribution is -2.33. The number of benzene rings is 1. The fourth-order valence-electron chi connectivity index (χ4n) is 2.69. The Hall–Kier alpha value is -2.15. The van der Waals surface area contributed by atoms with Gasteiger partial charge in [0.1, 0.15) is 5.82 Å². The second kappa shape index (κ2) is 9.69. The molecule has 1 heterocycles. The van der Waals surface area contributed by atoms with Gasteiger partial charge in [0.2, 0.25) is 5.91 Å². The average molecular weight is 391 g/mol. The second-order valence-electron chi connectivity index (χ2n) is 6.94. The van der Waals surface area contributed by atoms with Gasteiger partial charge in [0.15, 0.2) is 11.0 Å². The van der Waals surface area contributed by atoms with Crippen LogP contribution in [0.15, 0.2) is 41.6 Å². The minimum absolute atomic E-state index is 0.0250. The summed E-state index contributed by atoms with van der Waals surface area (Å²) in [5.74, 6) is 0.774. The third-order valence-electron chi connectivity index (χ3n) is 3.90. The fraction of sp³-hybridized carbons (Fsp3) is 0.450. The molecule has 0 aliphatic heterocycles. The Labute approximate surface area is 164 Å². The highest BCUT2D eigenvalue weighted by Gasteiger charge is 2.20. The molecule has 0 aliphatic rings. The van der Waals surface area contributed by atoms with Crippen LogP contribution in [0.5, 0.6) is 0 Å². The summed E-state index contributed by atoms with van der Waals surface area (Å²) in [6, 6.07) is 6.54. The van der Waals surface area contributed by atoms with Crippen LogP contribution in [0.4, 0.5) is 4.39 Å². The van der Waals surface area contributed by atoms with Crippen LogP contribution in [0.2, 0.25) is 0 Å². The molecular formula is C20H27FN4OS. The van der Waals surface area contributed by atoms with Gasteiger partial charge in [-0.3, -0.25) is 4.79 Å². The molecule has 1 aromatic carbocycles. The lowest BCUT2D eigenvalue weighted by atomic mass is 10.2. The van der Waals surface area contributed by atoms with Crippen LogP contribution in [-0.4, -0.2) is 44.4 Å². The molecular weight excluding hydrogens is 363 g/mol. The Kier molecular flexibility index (Phi) is 7.59. The molecule has 0 radical (unpaired) electrons. The van der Waals surface area contributed by atoms with Crippen molar-refractivity contribution in [3.8, 4) is 11.4 Å². The molecule has 0 N–H and O–H groups in total. The third-order valence-corrected chi connectivity index (χ3v) is 4.85. The molecule has 7 heteroatoms. The van der Waals surface area contributed by atoms with Crippen molar-refractivity contribution < 1.29 is 9.18 Å². The average Bonchev–Trinajstić information content (AvgIpc) is 2.99. The van der Waals surface area contributed by atoms with E-state index in [1.165, 1.54) is 17.8 Å². The van der Waals surface area contributed by atoms with Crippen LogP contribution in [0.25, 0.3) is 11.4 Å². The summed E-state index contributed by atoms with van der Waals surface area (Å²) < 4.78 is 16.1. The standard InChI is InChI=1S/C20H27FN4OS/c1-6-24(11-14(2)3)18(26)13-27-20-23-22-19(25(20)12-15(4)5)16-9-7-8-10-17(16)21/h7-10,15H,2,6,11-13H2,1,3-5H3. The highest BCUT2D eigenvalue weighted by atomic mass is 32.2. The van der Waals surface area contributed by atoms with Crippen molar-refractivity contribution in [3.63, 3.8) is 0 Å². The highest BCUT2D eigenvalue weighted by Crippen LogP contribution is 2.27. The van der Waals surface area contributed by atoms with Crippen LogP contribution in [0.3, 0.4) is 0 Å². The summed E-state index contributed by atoms with van der Waals surface area (Å²) in [5.41, 5.74) is 1.36. The molecule has 1 amide bonds. The van der Waals surface area contributed by atoms with Gasteiger partial charge in [0.25, 0.3) is 0 Å². The lowest BCUT2D eigenvalue weighted by molar-refractivity contribution is -0.127. The van der Waals surface area contributed by atoms with Gasteiger partial charge in [0, 0.05) is 19.6 Å². The normalized spacial score (nSPS) is 11.0. The third kappa shape index (κ3) is 5.66. The minimum Gasteiger partial charge on any atom is -0.338 e. The van der Waals surface area contributed by atoms with Crippen molar-refractivity contribution in [2.45, 2.75) is 39.4 Å². The molecule has 0 spiro atoms. The SMILES string of the molecule is C=C(C)CN(CC)C(=O)CSc1nnc(-c2ccccc2F)n1CC(C)C. The van der Waals surface area contributed by atoms with Crippen LogP contribution in [-0.2, 0) is 11.3 Å². The predicted octanol–water partition coefficient (Wildman–Crippen LogP) is 4.26. The van der Waals surface area contributed by atoms with E-state index in [1.807, 2.05) is 18.4 Å². The number of rotatable bonds is 9. The Morgan fingerprint density at radius 3 is 2.63 bits per heavy atom. The number of halogens is 1. The topological polar surface area (TPSA) is 51.0 Å². The molecule has 0 saturated carbocycles. The molecule has 0 fully saturated rings. The van der Waals surface area contributed by atoms with Gasteiger partial charge in [-0.1, -0.05) is 49.9 Å². The first-order valence-electron chi connectivity index (χ1n) is 9.06. The van der Waals surface area contributed by atoms with Gasteiger partial charge in [-0.15, -0.1) is 10.2 Å². The summed E-state index contributed by atoms with van der Waals surface area (Å²) in [5, 5.41) is 9.06. The first kappa shape index (κ1) is 21.2. The highest BCUT2D eigenvalue weighted by molar-refractivity contribution is 7.99. The summed E-state index contributed by atoms with van der Waals surface area (Å²) in [6.45, 7) is 13.7. The summed E-state index contributed by atoms with van der Waals surface area (Å²) in [7, 11) is 0. The monoisotopic (exact) mass is 390 g/mol. The van der Waals surface area contributed by atoms with Crippen LogP contribution < -0.4 is 0 Å². The van der Waals surface area contributed by atoms with E-state index in [9.17, 15) is 9.18 Å². The number of amides is 1. The maximum atomic E-state index is 14.2. The van der Waals surface area contributed by atoms with Crippen LogP contribution in [0.1, 0.15) is 27.7 Å². The van der Waals surface area contributed by atoms with Crippen LogP contribution >= 0.6 is 11.8 Å². The molecule has 0 saturated heterocycles. The molecule has 0 atom stereocenters. The van der Waals surface area contributed by atoms with E-state index in [0.717, 1.165) is 5.57 Å². The largest absolute Gasteiger partial charge is 0.338 e. The van der Waals surface area contributed by atoms with E-state index >= 15 is 0 Å². The van der Waals surface area contributed by atoms with Crippen molar-refractivity contribution >= 4 is 17.7 Å². The fourth-order valence-corrected chi connectivity index (χ4v) is 3.54. The zero-order chi connectivity index (χ0) is 20.0. The van der Waals surface area contributed by atoms with E-state index in [0.29, 0.717) is 42.1 Å². The number of carbonyl (C=O) groups is 1. The molecule has 2 aromatic rings. The zero-order valence-electron chi connectivity index (χ0n) is 16.4. The molecule has 0 aliphatic carbocycles. The molecule has 27 heavy (non-hydrogen) atoms. The Morgan fingerprint density at radius 2 is 2.04 bits per heavy atom. The Balaban J connectivity index is 2.23. The van der Waals surface area contributed by atoms with Gasteiger partial charge in [0.05, 0.1) is 11.3 Å². The van der Waals surface area contributed by atoms with Gasteiger partial charge < -0.3 is 9.47 Å². The van der Waals surface area contributed by atoms with Crippen molar-refractivity contribution in [2.75, 3.05) is 18.8 Å². The minimum atomic E-state index is -0.332. The number of nitrogens with zero attached hydrogens (tertiary/aromatic N) is 4. The maximum absolute atomic E-state index is 14.2. The van der Waals surface area contributed by atoms with E-state index in [4.69, 9.17) is 0 Å². The predicted molar refractivity (Wildman–Crippen MR) is 108 cm³/mol. The Morgan fingerprint density at radius 1 is 1.33 bits per heavy atom. The lowest BCUT2D eigenvalue weighted by Gasteiger charge is -2.20. The zero-order valence-corrected chi connectivity index (χ0v) is 17.2. The van der Waals surface area contributed by atoms with Crippen LogP contribution in [0, 0.1) is 11.7 Å². The number of hydrogen-bond donors (Lipinski definition) is 0. The van der Waals surface area contributed by atoms with Crippen molar-refractivity contribution in [3.05, 3.63) is 42.2 Å². The van der Waals surface area contributed by atoms with Gasteiger partial charge in [-0.05, 0) is 31.9 Å². The van der Waals surface area contributed by atoms with Gasteiger partial charge in [-0.25, -0.2) is 4.39 Å². The van der Waals surface area contributed by atoms with E-state index in [-0.39, 0.29) is 17.5 Å². The van der Waals surface area contributed by atoms with Crippen molar-refractivity contribution in [1.82, 2.24) is 19.7 Å². The summed E-state index contributed by atoms with van der Waals surface area (Å²) in [6.07, 6.45) is 0. The number of hydrogen-bond acceptors (Lipinski definition) is 4. The molecule has 146 valence electrons. The Bertz CT molecular complexity index is 803. The van der Waals surface area contributed by atoms with E-state index < -0.39 is 0 Å². The first-order chi connectivity index (χ1) is 12.8. The van der Waals surface area contributed by atoms with E-state index in [1.54, 1.807) is 23.1 Å². The number of carbonyl (C=O) groups excluding carboxylic acids is 1. The van der Waals surface area contributed by atoms with E-state index in [2.05, 4.69) is 30.6 Å². The number of likely N-dealkylation sites (N-methyl/N-ethyl adjacent to an activating group) is 1. The molecule has 2 rings (SSSR count). The molecule has 1 aromatic heterocycles. The molecule has 0 bridgehead atoms. The van der Waals surface area contributed by atoms with Crippen molar-refractivity contribution in [1.29, 1.82) is 0 Å². The summed E-state index contributed by atoms with van der Waals surface area (Å²) in [4.78, 5) is 14.3. The smallest absolute Gasteiger partial charge is 0.233 e. The second-order valence-corrected chi connectivity index (χ2v) is 7.89. The summed E-state index contributed by atoms with van der Waals surface area (Å²) >= 11 is 1.34. The number of thioether (sulfide) groups is 1. The molecule has 5 nitrogen and oxygen atoms in total. The maximum Gasteiger partial charge on any atom is 0.233 e. The van der Waals surface area contributed by atoms with Gasteiger partial charge in [-0.2, -0.15) is 0 Å². The number of aromatic nitrogens is 3. The first-order valence-corrected chi connectivity index (χ1v) is 10.0. The van der Waals surface area contributed by atoms with Crippen molar-refractivity contribution in [2.24, 2.45) is 5.92 Å².